The fourth-order valence-corrected chi connectivity index (χ4v) is 4.17. The molecule has 6 heteroatoms. The van der Waals surface area contributed by atoms with Crippen molar-refractivity contribution in [3.63, 3.8) is 0 Å². The topological polar surface area (TPSA) is 69.2 Å². The number of aliphatic hydroxyl groups excluding tert-OH is 1. The first kappa shape index (κ1) is 20.5. The molecule has 0 aliphatic rings. The molecule has 0 fully saturated rings. The molecular formula is C22H27N3O2S. The van der Waals surface area contributed by atoms with Crippen molar-refractivity contribution in [3.8, 4) is 11.1 Å². The van der Waals surface area contributed by atoms with Gasteiger partial charge in [-0.1, -0.05) is 44.2 Å². The molecule has 1 atom stereocenters. The van der Waals surface area contributed by atoms with Gasteiger partial charge in [0.15, 0.2) is 0 Å². The van der Waals surface area contributed by atoms with Crippen molar-refractivity contribution in [2.45, 2.75) is 33.4 Å². The molecule has 0 amide bonds. The third-order valence-corrected chi connectivity index (χ3v) is 5.78. The third kappa shape index (κ3) is 4.41. The number of hydrogen-bond donors (Lipinski definition) is 2. The summed E-state index contributed by atoms with van der Waals surface area (Å²) >= 11 is 1.49. The second kappa shape index (κ2) is 8.82. The van der Waals surface area contributed by atoms with E-state index in [1.165, 1.54) is 11.3 Å². The van der Waals surface area contributed by atoms with Crippen LogP contribution in [0.3, 0.4) is 0 Å². The Balaban J connectivity index is 1.93. The normalized spacial score (nSPS) is 12.8. The molecule has 2 N–H and O–H groups in total. The summed E-state index contributed by atoms with van der Waals surface area (Å²) in [6.45, 7) is 11.4. The van der Waals surface area contributed by atoms with Gasteiger partial charge in [0, 0.05) is 24.0 Å². The van der Waals surface area contributed by atoms with Crippen LogP contribution in [0.25, 0.3) is 21.3 Å². The Hall–Kier alpha value is -2.28. The summed E-state index contributed by atoms with van der Waals surface area (Å²) in [7, 11) is 0. The Morgan fingerprint density at radius 1 is 1.32 bits per heavy atom. The summed E-state index contributed by atoms with van der Waals surface area (Å²) in [5.74, 6) is 0.768. The van der Waals surface area contributed by atoms with E-state index in [4.69, 9.17) is 4.98 Å². The summed E-state index contributed by atoms with van der Waals surface area (Å²) in [4.78, 5) is 23.3. The van der Waals surface area contributed by atoms with E-state index in [1.807, 2.05) is 55.3 Å². The Morgan fingerprint density at radius 3 is 2.75 bits per heavy atom. The molecule has 2 heterocycles. The van der Waals surface area contributed by atoms with Gasteiger partial charge in [-0.15, -0.1) is 17.9 Å². The van der Waals surface area contributed by atoms with E-state index in [2.05, 4.69) is 11.6 Å². The monoisotopic (exact) mass is 397 g/mol. The van der Waals surface area contributed by atoms with Crippen LogP contribution in [0.5, 0.6) is 0 Å². The van der Waals surface area contributed by atoms with Crippen molar-refractivity contribution in [1.29, 1.82) is 0 Å². The number of aryl methyl sites for hydroxylation is 1. The van der Waals surface area contributed by atoms with Gasteiger partial charge in [-0.2, -0.15) is 0 Å². The molecule has 0 saturated carbocycles. The van der Waals surface area contributed by atoms with Crippen LogP contribution in [0.4, 0.5) is 0 Å². The van der Waals surface area contributed by atoms with E-state index in [1.54, 1.807) is 6.08 Å². The molecule has 0 aliphatic carbocycles. The summed E-state index contributed by atoms with van der Waals surface area (Å²) in [5.41, 5.74) is 2.99. The summed E-state index contributed by atoms with van der Waals surface area (Å²) in [6, 6.07) is 8.05. The summed E-state index contributed by atoms with van der Waals surface area (Å²) in [6.07, 6.45) is 1.36. The second-order valence-corrected chi connectivity index (χ2v) is 8.31. The predicted molar refractivity (Wildman–Crippen MR) is 117 cm³/mol. The number of nitrogens with one attached hydrogen (secondary N) is 1. The summed E-state index contributed by atoms with van der Waals surface area (Å²) in [5, 5.41) is 12.9. The minimum absolute atomic E-state index is 0.123. The molecular weight excluding hydrogens is 370 g/mol. The van der Waals surface area contributed by atoms with Crippen LogP contribution in [0.15, 0.2) is 47.1 Å². The lowest BCUT2D eigenvalue weighted by Crippen LogP contribution is -2.35. The van der Waals surface area contributed by atoms with Gasteiger partial charge in [0.05, 0.1) is 18.0 Å². The first-order valence-corrected chi connectivity index (χ1v) is 10.4. The fourth-order valence-electron chi connectivity index (χ4n) is 3.22. The van der Waals surface area contributed by atoms with E-state index in [0.29, 0.717) is 30.8 Å². The van der Waals surface area contributed by atoms with Gasteiger partial charge in [-0.05, 0) is 24.0 Å². The van der Waals surface area contributed by atoms with Gasteiger partial charge in [-0.3, -0.25) is 9.69 Å². The van der Waals surface area contributed by atoms with E-state index >= 15 is 0 Å². The Bertz CT molecular complexity index is 1020. The second-order valence-electron chi connectivity index (χ2n) is 7.45. The lowest BCUT2D eigenvalue weighted by molar-refractivity contribution is 0.0771. The molecule has 28 heavy (non-hydrogen) atoms. The predicted octanol–water partition coefficient (Wildman–Crippen LogP) is 3.96. The number of aliphatic hydroxyl groups is 1. The van der Waals surface area contributed by atoms with Crippen LogP contribution in [0, 0.1) is 12.8 Å². The molecule has 1 aromatic carbocycles. The highest BCUT2D eigenvalue weighted by Gasteiger charge is 2.18. The lowest BCUT2D eigenvalue weighted by Gasteiger charge is -2.25. The minimum Gasteiger partial charge on any atom is -0.392 e. The zero-order valence-corrected chi connectivity index (χ0v) is 17.4. The first-order valence-electron chi connectivity index (χ1n) is 9.48. The Morgan fingerprint density at radius 2 is 2.07 bits per heavy atom. The largest absolute Gasteiger partial charge is 0.392 e. The number of nitrogens with zero attached hydrogens (tertiary/aromatic N) is 2. The van der Waals surface area contributed by atoms with Crippen LogP contribution in [-0.2, 0) is 6.54 Å². The number of hydrogen-bond acceptors (Lipinski definition) is 5. The first-order chi connectivity index (χ1) is 13.4. The van der Waals surface area contributed by atoms with Gasteiger partial charge in [0.1, 0.15) is 10.7 Å². The van der Waals surface area contributed by atoms with E-state index in [9.17, 15) is 9.90 Å². The number of fused-ring (bicyclic) bond motifs is 1. The molecule has 3 rings (SSSR count). The molecule has 1 unspecified atom stereocenters. The van der Waals surface area contributed by atoms with Gasteiger partial charge in [0.25, 0.3) is 5.56 Å². The molecule has 0 aliphatic heterocycles. The zero-order valence-electron chi connectivity index (χ0n) is 16.6. The average Bonchev–Trinajstić information content (AvgIpc) is 3.06. The van der Waals surface area contributed by atoms with E-state index < -0.39 is 6.10 Å². The number of benzene rings is 1. The third-order valence-electron chi connectivity index (χ3n) is 4.90. The minimum atomic E-state index is -0.440. The lowest BCUT2D eigenvalue weighted by atomic mass is 10.0. The summed E-state index contributed by atoms with van der Waals surface area (Å²) < 4.78 is 0. The van der Waals surface area contributed by atoms with Crippen LogP contribution in [0.1, 0.15) is 25.2 Å². The maximum Gasteiger partial charge on any atom is 0.260 e. The van der Waals surface area contributed by atoms with E-state index in [-0.39, 0.29) is 11.5 Å². The quantitative estimate of drug-likeness (QED) is 0.565. The number of aromatic nitrogens is 2. The van der Waals surface area contributed by atoms with Crippen LogP contribution in [-0.4, -0.2) is 39.2 Å². The maximum absolute atomic E-state index is 12.9. The zero-order chi connectivity index (χ0) is 20.3. The van der Waals surface area contributed by atoms with Crippen molar-refractivity contribution >= 4 is 21.6 Å². The van der Waals surface area contributed by atoms with Crippen molar-refractivity contribution < 1.29 is 5.11 Å². The highest BCUT2D eigenvalue weighted by atomic mass is 32.1. The van der Waals surface area contributed by atoms with Crippen molar-refractivity contribution in [3.05, 3.63) is 64.0 Å². The Kier molecular flexibility index (Phi) is 6.44. The van der Waals surface area contributed by atoms with Crippen LogP contribution >= 0.6 is 11.3 Å². The van der Waals surface area contributed by atoms with E-state index in [0.717, 1.165) is 21.5 Å². The molecule has 148 valence electrons. The number of rotatable bonds is 8. The number of thiophene rings is 1. The molecule has 0 bridgehead atoms. The highest BCUT2D eigenvalue weighted by molar-refractivity contribution is 7.17. The van der Waals surface area contributed by atoms with Crippen LogP contribution in [0.2, 0.25) is 0 Å². The van der Waals surface area contributed by atoms with Gasteiger partial charge >= 0.3 is 0 Å². The molecule has 2 aromatic heterocycles. The van der Waals surface area contributed by atoms with Crippen molar-refractivity contribution in [2.75, 3.05) is 13.1 Å². The molecule has 0 spiro atoms. The highest BCUT2D eigenvalue weighted by Crippen LogP contribution is 2.32. The fraction of sp³-hybridized carbons (Fsp3) is 0.364. The molecule has 5 nitrogen and oxygen atoms in total. The molecule has 3 aromatic rings. The SMILES string of the molecule is C=CCN(Cc1nc2scc(-c3ccccc3C)c2c(=O)[nH]1)CC(O)C(C)C. The molecule has 0 radical (unpaired) electrons. The Labute approximate surface area is 169 Å². The standard InChI is InChI=1S/C22H27N3O2S/c1-5-10-25(11-18(26)14(2)3)12-19-23-21(27)20-17(13-28-22(20)24-19)16-9-7-6-8-15(16)4/h5-9,13-14,18,26H,1,10-12H2,2-4H3,(H,23,24,27). The number of aromatic amines is 1. The van der Waals surface area contributed by atoms with Gasteiger partial charge in [0.2, 0.25) is 0 Å². The van der Waals surface area contributed by atoms with Gasteiger partial charge in [-0.25, -0.2) is 4.98 Å². The smallest absolute Gasteiger partial charge is 0.260 e. The van der Waals surface area contributed by atoms with Crippen LogP contribution < -0.4 is 5.56 Å². The molecule has 0 saturated heterocycles. The van der Waals surface area contributed by atoms with Crippen molar-refractivity contribution in [2.24, 2.45) is 5.92 Å². The van der Waals surface area contributed by atoms with Gasteiger partial charge < -0.3 is 10.1 Å². The van der Waals surface area contributed by atoms with Crippen molar-refractivity contribution in [1.82, 2.24) is 14.9 Å². The average molecular weight is 398 g/mol. The maximum atomic E-state index is 12.9. The number of H-pyrrole nitrogens is 1.